The molecule has 0 unspecified atom stereocenters. The molecule has 1 rings (SSSR count). The van der Waals surface area contributed by atoms with E-state index < -0.39 is 23.2 Å². The van der Waals surface area contributed by atoms with Crippen molar-refractivity contribution in [1.29, 1.82) is 0 Å². The van der Waals surface area contributed by atoms with Gasteiger partial charge < -0.3 is 5.32 Å². The molecule has 0 aromatic heterocycles. The number of aryl methyl sites for hydroxylation is 1. The van der Waals surface area contributed by atoms with Crippen LogP contribution in [0.25, 0.3) is 0 Å². The summed E-state index contributed by atoms with van der Waals surface area (Å²) >= 11 is 0. The van der Waals surface area contributed by atoms with Gasteiger partial charge in [-0.05, 0) is 51.5 Å². The number of alkyl halides is 3. The molecule has 0 saturated heterocycles. The van der Waals surface area contributed by atoms with Crippen LogP contribution in [-0.2, 0) is 6.18 Å². The topological polar surface area (TPSA) is 29.1 Å². The molecule has 1 amide bonds. The van der Waals surface area contributed by atoms with Gasteiger partial charge in [-0.1, -0.05) is 13.8 Å². The number of carbonyl (C=O) groups is 1. The average molecular weight is 289 g/mol. The lowest BCUT2D eigenvalue weighted by atomic mass is 10.0. The highest BCUT2D eigenvalue weighted by molar-refractivity contribution is 5.95. The Morgan fingerprint density at radius 3 is 1.95 bits per heavy atom. The summed E-state index contributed by atoms with van der Waals surface area (Å²) in [6.07, 6.45) is -4.44. The van der Waals surface area contributed by atoms with E-state index in [9.17, 15) is 18.0 Å². The van der Waals surface area contributed by atoms with Crippen molar-refractivity contribution in [3.05, 3.63) is 34.9 Å². The van der Waals surface area contributed by atoms with Crippen LogP contribution < -0.4 is 5.32 Å². The Kier molecular flexibility index (Phi) is 6.26. The molecule has 114 valence electrons. The highest BCUT2D eigenvalue weighted by Gasteiger charge is 2.31. The molecule has 0 aliphatic heterocycles. The quantitative estimate of drug-likeness (QED) is 0.806. The molecule has 1 aromatic rings. The Morgan fingerprint density at radius 2 is 1.55 bits per heavy atom. The Hall–Kier alpha value is -1.52. The molecule has 0 bridgehead atoms. The molecule has 0 fully saturated rings. The van der Waals surface area contributed by atoms with Crippen LogP contribution in [0.5, 0.6) is 0 Å². The lowest BCUT2D eigenvalue weighted by Gasteiger charge is -2.21. The van der Waals surface area contributed by atoms with Crippen molar-refractivity contribution < 1.29 is 18.0 Å². The maximum absolute atomic E-state index is 12.6. The standard InChI is InChI=1S/C13H16F3NO.C2H6/c1-8-5-9(11(18)17-12(2,3)4)7-10(6-8)13(14,15)16;1-2/h5-7H,1-4H3,(H,17,18);1-2H3. The van der Waals surface area contributed by atoms with E-state index >= 15 is 0 Å². The molecule has 1 N–H and O–H groups in total. The summed E-state index contributed by atoms with van der Waals surface area (Å²) in [7, 11) is 0. The SMILES string of the molecule is CC.Cc1cc(C(=O)NC(C)(C)C)cc(C(F)(F)F)c1. The number of halogens is 3. The zero-order valence-electron chi connectivity index (χ0n) is 12.8. The molecule has 0 radical (unpaired) electrons. The second kappa shape index (κ2) is 6.77. The summed E-state index contributed by atoms with van der Waals surface area (Å²) in [6, 6.07) is 3.33. The van der Waals surface area contributed by atoms with Gasteiger partial charge in [0.25, 0.3) is 5.91 Å². The number of hydrogen-bond donors (Lipinski definition) is 1. The smallest absolute Gasteiger partial charge is 0.347 e. The number of amides is 1. The Balaban J connectivity index is 0.00000172. The minimum Gasteiger partial charge on any atom is -0.347 e. The first kappa shape index (κ1) is 18.5. The molecular weight excluding hydrogens is 267 g/mol. The van der Waals surface area contributed by atoms with Crippen LogP contribution >= 0.6 is 0 Å². The Labute approximate surface area is 118 Å². The second-order valence-electron chi connectivity index (χ2n) is 5.29. The molecule has 2 nitrogen and oxygen atoms in total. The molecule has 0 aliphatic carbocycles. The molecule has 1 aromatic carbocycles. The third kappa shape index (κ3) is 6.08. The van der Waals surface area contributed by atoms with Crippen LogP contribution in [0.1, 0.15) is 56.1 Å². The summed E-state index contributed by atoms with van der Waals surface area (Å²) in [6.45, 7) is 10.8. The van der Waals surface area contributed by atoms with E-state index in [4.69, 9.17) is 0 Å². The van der Waals surface area contributed by atoms with E-state index in [0.717, 1.165) is 12.1 Å². The van der Waals surface area contributed by atoms with Crippen LogP contribution in [0, 0.1) is 6.92 Å². The fourth-order valence-corrected chi connectivity index (χ4v) is 1.49. The van der Waals surface area contributed by atoms with E-state index in [2.05, 4.69) is 5.32 Å². The summed E-state index contributed by atoms with van der Waals surface area (Å²) in [5.41, 5.74) is -0.859. The lowest BCUT2D eigenvalue weighted by Crippen LogP contribution is -2.40. The van der Waals surface area contributed by atoms with Gasteiger partial charge in [0.1, 0.15) is 0 Å². The fraction of sp³-hybridized carbons (Fsp3) is 0.533. The predicted octanol–water partition coefficient (Wildman–Crippen LogP) is 4.57. The van der Waals surface area contributed by atoms with Gasteiger partial charge in [-0.2, -0.15) is 13.2 Å². The molecule has 0 atom stereocenters. The van der Waals surface area contributed by atoms with E-state index in [-0.39, 0.29) is 5.56 Å². The van der Waals surface area contributed by atoms with Crippen molar-refractivity contribution in [3.8, 4) is 0 Å². The van der Waals surface area contributed by atoms with Gasteiger partial charge >= 0.3 is 6.18 Å². The van der Waals surface area contributed by atoms with E-state index in [0.29, 0.717) is 5.56 Å². The first-order valence-electron chi connectivity index (χ1n) is 6.50. The van der Waals surface area contributed by atoms with Crippen LogP contribution in [-0.4, -0.2) is 11.4 Å². The van der Waals surface area contributed by atoms with Crippen molar-refractivity contribution >= 4 is 5.91 Å². The zero-order chi connectivity index (χ0) is 16.1. The predicted molar refractivity (Wildman–Crippen MR) is 74.7 cm³/mol. The van der Waals surface area contributed by atoms with Crippen molar-refractivity contribution in [3.63, 3.8) is 0 Å². The Bertz CT molecular complexity index is 459. The summed E-state index contributed by atoms with van der Waals surface area (Å²) in [5.74, 6) is -0.503. The molecule has 0 aliphatic rings. The van der Waals surface area contributed by atoms with E-state index in [1.165, 1.54) is 13.0 Å². The minimum atomic E-state index is -4.44. The molecular formula is C15H22F3NO. The van der Waals surface area contributed by atoms with Gasteiger partial charge in [0.05, 0.1) is 5.56 Å². The van der Waals surface area contributed by atoms with Crippen molar-refractivity contribution in [2.24, 2.45) is 0 Å². The van der Waals surface area contributed by atoms with Gasteiger partial charge in [0, 0.05) is 11.1 Å². The fourth-order valence-electron chi connectivity index (χ4n) is 1.49. The molecule has 5 heteroatoms. The monoisotopic (exact) mass is 289 g/mol. The van der Waals surface area contributed by atoms with Crippen LogP contribution in [0.4, 0.5) is 13.2 Å². The second-order valence-corrected chi connectivity index (χ2v) is 5.29. The number of rotatable bonds is 1. The number of benzene rings is 1. The van der Waals surface area contributed by atoms with Gasteiger partial charge in [-0.25, -0.2) is 0 Å². The molecule has 20 heavy (non-hydrogen) atoms. The first-order chi connectivity index (χ1) is 8.99. The normalized spacial score (nSPS) is 11.4. The number of carbonyl (C=O) groups excluding carboxylic acids is 1. The molecule has 0 spiro atoms. The number of nitrogens with one attached hydrogen (secondary N) is 1. The Morgan fingerprint density at radius 1 is 1.05 bits per heavy atom. The first-order valence-corrected chi connectivity index (χ1v) is 6.50. The van der Waals surface area contributed by atoms with Crippen molar-refractivity contribution in [2.45, 2.75) is 53.3 Å². The molecule has 0 heterocycles. The third-order valence-electron chi connectivity index (χ3n) is 2.16. The lowest BCUT2D eigenvalue weighted by molar-refractivity contribution is -0.137. The van der Waals surface area contributed by atoms with E-state index in [1.807, 2.05) is 13.8 Å². The van der Waals surface area contributed by atoms with Gasteiger partial charge in [-0.15, -0.1) is 0 Å². The highest BCUT2D eigenvalue weighted by atomic mass is 19.4. The highest BCUT2D eigenvalue weighted by Crippen LogP contribution is 2.30. The minimum absolute atomic E-state index is 0.0252. The maximum Gasteiger partial charge on any atom is 0.416 e. The van der Waals surface area contributed by atoms with Gasteiger partial charge in [-0.3, -0.25) is 4.79 Å². The van der Waals surface area contributed by atoms with E-state index in [1.54, 1.807) is 20.8 Å². The summed E-state index contributed by atoms with van der Waals surface area (Å²) in [5, 5.41) is 2.64. The molecule has 0 saturated carbocycles. The maximum atomic E-state index is 12.6. The average Bonchev–Trinajstić information content (AvgIpc) is 2.27. The zero-order valence-corrected chi connectivity index (χ0v) is 12.8. The third-order valence-corrected chi connectivity index (χ3v) is 2.16. The van der Waals surface area contributed by atoms with Crippen LogP contribution in [0.3, 0.4) is 0 Å². The van der Waals surface area contributed by atoms with Gasteiger partial charge in [0.2, 0.25) is 0 Å². The van der Waals surface area contributed by atoms with Crippen molar-refractivity contribution in [2.75, 3.05) is 0 Å². The summed E-state index contributed by atoms with van der Waals surface area (Å²) < 4.78 is 37.9. The van der Waals surface area contributed by atoms with Gasteiger partial charge in [0.15, 0.2) is 0 Å². The largest absolute Gasteiger partial charge is 0.416 e. The van der Waals surface area contributed by atoms with Crippen molar-refractivity contribution in [1.82, 2.24) is 5.32 Å². The number of hydrogen-bond acceptors (Lipinski definition) is 1. The summed E-state index contributed by atoms with van der Waals surface area (Å²) in [4.78, 5) is 11.8. The van der Waals surface area contributed by atoms with Crippen LogP contribution in [0.15, 0.2) is 18.2 Å². The van der Waals surface area contributed by atoms with Crippen LogP contribution in [0.2, 0.25) is 0 Å².